The van der Waals surface area contributed by atoms with Crippen molar-refractivity contribution in [2.45, 2.75) is 0 Å². The van der Waals surface area contributed by atoms with E-state index in [1.165, 1.54) is 0 Å². The van der Waals surface area contributed by atoms with E-state index in [2.05, 4.69) is 0 Å². The molecule has 0 aromatic rings. The van der Waals surface area contributed by atoms with Gasteiger partial charge in [-0.25, -0.2) is 0 Å². The maximum atomic E-state index is 0. The van der Waals surface area contributed by atoms with Crippen LogP contribution in [0.2, 0.25) is 0 Å². The van der Waals surface area contributed by atoms with Gasteiger partial charge in [-0.1, -0.05) is 0 Å². The largest absolute Gasteiger partial charge is 2.00 e. The minimum Gasteiger partial charge on any atom is -2.00 e. The Morgan fingerprint density at radius 3 is 0.308 bits per heavy atom. The van der Waals surface area contributed by atoms with Crippen LogP contribution in [0.5, 0.6) is 0 Å². The topological polar surface area (TPSA) is 200 Å². The van der Waals surface area contributed by atoms with Crippen LogP contribution in [-0.2, 0) is 38.3 Å². The molecule has 0 fully saturated rings. The summed E-state index contributed by atoms with van der Waals surface area (Å²) in [7, 11) is 0. The van der Waals surface area contributed by atoms with Crippen molar-refractivity contribution in [3.8, 4) is 0 Å². The Morgan fingerprint density at radius 1 is 0.308 bits per heavy atom. The normalized spacial score (nSPS) is 0. The molecule has 0 aliphatic heterocycles. The Balaban J connectivity index is 0. The molecule has 0 heterocycles. The van der Waals surface area contributed by atoms with Crippen molar-refractivity contribution in [1.29, 1.82) is 0 Å². The molecule has 0 unspecified atom stereocenters. The molecule has 0 saturated carbocycles. The Kier molecular flexibility index (Phi) is 194000. The minimum absolute atomic E-state index is 0. The van der Waals surface area contributed by atoms with Crippen LogP contribution in [0.4, 0.5) is 0 Å². The molecule has 0 spiro atoms. The smallest absolute Gasteiger partial charge is 1.00 e. The van der Waals surface area contributed by atoms with Gasteiger partial charge in [-0.2, -0.15) is 0 Å². The van der Waals surface area contributed by atoms with Crippen LogP contribution in [-0.4, -0.2) is 52.5 Å². The summed E-state index contributed by atoms with van der Waals surface area (Å²) in [4.78, 5) is 0. The maximum Gasteiger partial charge on any atom is 1.00 e. The molecule has 7 nitrogen and oxygen atoms in total. The van der Waals surface area contributed by atoms with E-state index >= 15 is 0 Å². The van der Waals surface area contributed by atoms with Gasteiger partial charge in [0.25, 0.3) is 0 Å². The van der Waals surface area contributed by atoms with Gasteiger partial charge in [0.15, 0.2) is 0 Å². The summed E-state index contributed by atoms with van der Waals surface area (Å²) in [5.74, 6) is 0. The van der Waals surface area contributed by atoms with Crippen LogP contribution in [0.15, 0.2) is 0 Å². The van der Waals surface area contributed by atoms with E-state index in [-0.39, 0.29) is 110 Å². The number of rotatable bonds is 0. The van der Waals surface area contributed by atoms with Gasteiger partial charge >= 0.3 is 18.9 Å². The fourth-order valence-corrected chi connectivity index (χ4v) is 0. The zero-order valence-corrected chi connectivity index (χ0v) is 7.17. The summed E-state index contributed by atoms with van der Waals surface area (Å²) in [6.45, 7) is 0. The van der Waals surface area contributed by atoms with E-state index in [4.69, 9.17) is 0 Å². The van der Waals surface area contributed by atoms with Gasteiger partial charge < -0.3 is 38.3 Å². The Morgan fingerprint density at radius 2 is 0.308 bits per heavy atom. The van der Waals surface area contributed by atoms with E-state index in [1.807, 2.05) is 0 Å². The Hall–Kier alpha value is 1.17. The van der Waals surface area contributed by atoms with Crippen LogP contribution >= 0.6 is 0 Å². The average molecular weight is 169 g/mol. The predicted molar refractivity (Wildman–Crippen MR) is 33.6 cm³/mol. The van der Waals surface area contributed by atoms with Gasteiger partial charge in [-0.05, 0) is 0 Å². The third-order valence-corrected chi connectivity index (χ3v) is 0. The van der Waals surface area contributed by atoms with E-state index in [0.717, 1.165) is 0 Å². The maximum absolute atomic E-state index is 0. The third kappa shape index (κ3) is 1190. The molecule has 0 aromatic heterocycles. The summed E-state index contributed by atoms with van der Waals surface area (Å²) in [5, 5.41) is 0. The number of hydrogen-bond donors (Lipinski definition) is 0. The molecule has 0 bridgehead atoms. The molecular weight excluding hydrogens is 169 g/mol. The number of hydrogen-bond acceptors (Lipinski definition) is 0. The zero-order chi connectivity index (χ0) is 0. The van der Waals surface area contributed by atoms with Crippen molar-refractivity contribution >= 4 is 52.5 Å². The summed E-state index contributed by atoms with van der Waals surface area (Å²) < 4.78 is 0. The van der Waals surface area contributed by atoms with Gasteiger partial charge in [0.1, 0.15) is 0 Å². The van der Waals surface area contributed by atoms with Gasteiger partial charge in [0.2, 0.25) is 0 Å². The minimum atomic E-state index is 0. The van der Waals surface area contributed by atoms with Crippen molar-refractivity contribution in [2.24, 2.45) is 0 Å². The van der Waals surface area contributed by atoms with Gasteiger partial charge in [0.05, 0.1) is 0 Å². The van der Waals surface area contributed by atoms with Crippen LogP contribution in [0.3, 0.4) is 0 Å². The zero-order valence-electron chi connectivity index (χ0n) is 7.17. The first-order valence-corrected chi connectivity index (χ1v) is 0. The van der Waals surface area contributed by atoms with Crippen LogP contribution < -0.4 is 18.9 Å². The molecule has 0 aromatic carbocycles. The summed E-state index contributed by atoms with van der Waals surface area (Å²) in [5.41, 5.74) is 0. The van der Waals surface area contributed by atoms with Gasteiger partial charge in [-0.15, -0.1) is 0 Å². The second-order valence-electron chi connectivity index (χ2n) is 0. The van der Waals surface area contributed by atoms with E-state index in [1.54, 1.807) is 0 Å². The molecule has 13 radical (unpaired) electrons. The molecule has 0 amide bonds. The molecule has 0 aliphatic rings. The summed E-state index contributed by atoms with van der Waals surface area (Å²) in [6.07, 6.45) is 0. The fourth-order valence-electron chi connectivity index (χ4n) is 0. The van der Waals surface area contributed by atoms with E-state index in [9.17, 15) is 0 Å². The molecule has 0 saturated heterocycles. The molecular formula is B4Li2O7-13. The summed E-state index contributed by atoms with van der Waals surface area (Å²) >= 11 is 0. The van der Waals surface area contributed by atoms with Crippen LogP contribution in [0.25, 0.3) is 0 Å². The second kappa shape index (κ2) is 1420. The second-order valence-corrected chi connectivity index (χ2v) is 0. The molecule has 0 aliphatic carbocycles. The van der Waals surface area contributed by atoms with Gasteiger partial charge in [0, 0.05) is 52.5 Å². The molecule has 13 heteroatoms. The first kappa shape index (κ1) is 1780. The van der Waals surface area contributed by atoms with Gasteiger partial charge in [-0.3, -0.25) is 0 Å². The Bertz CT molecular complexity index is 18.5. The quantitative estimate of drug-likeness (QED) is 0.311. The first-order valence-electron chi connectivity index (χ1n) is 0. The van der Waals surface area contributed by atoms with Crippen LogP contribution in [0, 0.1) is 0 Å². The van der Waals surface area contributed by atoms with E-state index in [0.29, 0.717) is 0 Å². The third-order valence-electron chi connectivity index (χ3n) is 0. The summed E-state index contributed by atoms with van der Waals surface area (Å²) in [6, 6.07) is 0. The van der Waals surface area contributed by atoms with Crippen molar-refractivity contribution in [3.63, 3.8) is 0 Å². The van der Waals surface area contributed by atoms with Crippen molar-refractivity contribution in [1.82, 2.24) is 0 Å². The SMILES string of the molecule is [B].[B].[B].[B].[Li+].[Li].[O-2].[O-2].[O-2].[O-2].[O-2].[O-2].[O-2]. The molecule has 0 atom stereocenters. The van der Waals surface area contributed by atoms with E-state index < -0.39 is 0 Å². The monoisotopic (exact) mass is 170 g/mol. The first-order chi connectivity index (χ1) is 0. The molecule has 69 valence electrons. The van der Waals surface area contributed by atoms with Crippen molar-refractivity contribution in [2.75, 3.05) is 0 Å². The average Bonchev–Trinajstić information content (AvgIpc) is 0. The Labute approximate surface area is 110 Å². The standard InChI is InChI=1S/4B.2Li.7O/q;;;;;+1;7*-2. The van der Waals surface area contributed by atoms with Crippen molar-refractivity contribution in [3.05, 3.63) is 0 Å². The molecule has 0 N–H and O–H groups in total. The predicted octanol–water partition coefficient (Wildman–Crippen LogP) is -5.73. The van der Waals surface area contributed by atoms with Crippen LogP contribution in [0.1, 0.15) is 0 Å². The fraction of sp³-hybridized carbons (Fsp3) is 0. The molecule has 13 heavy (non-hydrogen) atoms. The molecule has 0 rings (SSSR count). The van der Waals surface area contributed by atoms with Crippen molar-refractivity contribution < 1.29 is 57.2 Å².